The number of unbranched alkanes of at least 4 members (excludes halogenated alkanes) is 1. The van der Waals surface area contributed by atoms with Gasteiger partial charge in [0.05, 0.1) is 6.61 Å². The number of ether oxygens (including phenoxy) is 1. The zero-order valence-corrected chi connectivity index (χ0v) is 9.59. The summed E-state index contributed by atoms with van der Waals surface area (Å²) in [7, 11) is 0. The first kappa shape index (κ1) is 11.4. The molecule has 6 heteroatoms. The van der Waals surface area contributed by atoms with Gasteiger partial charge in [0.15, 0.2) is 11.5 Å². The second kappa shape index (κ2) is 4.82. The zero-order chi connectivity index (χ0) is 12.3. The quantitative estimate of drug-likeness (QED) is 0.636. The molecular weight excluding hydrogens is 220 g/mol. The fourth-order valence-corrected chi connectivity index (χ4v) is 1.49. The molecule has 2 N–H and O–H groups in total. The van der Waals surface area contributed by atoms with Gasteiger partial charge in [-0.25, -0.2) is 14.3 Å². The number of carbonyl (C=O) groups is 1. The van der Waals surface area contributed by atoms with Crippen LogP contribution in [0.15, 0.2) is 18.5 Å². The van der Waals surface area contributed by atoms with E-state index in [1.165, 1.54) is 10.8 Å². The van der Waals surface area contributed by atoms with Crippen molar-refractivity contribution in [2.45, 2.75) is 19.8 Å². The Kier molecular flexibility index (Phi) is 3.22. The monoisotopic (exact) mass is 234 g/mol. The summed E-state index contributed by atoms with van der Waals surface area (Å²) in [6.45, 7) is 2.46. The molecule has 0 saturated heterocycles. The first-order valence-electron chi connectivity index (χ1n) is 5.49. The van der Waals surface area contributed by atoms with Crippen LogP contribution in [0.1, 0.15) is 30.3 Å². The molecule has 0 aliphatic rings. The summed E-state index contributed by atoms with van der Waals surface area (Å²) < 4.78 is 6.55. The molecule has 0 saturated carbocycles. The summed E-state index contributed by atoms with van der Waals surface area (Å²) in [6, 6.07) is 3.33. The SMILES string of the molecule is CCCCOC(=O)c1ccc2c(N)ncnn12. The van der Waals surface area contributed by atoms with Crippen LogP contribution in [0.3, 0.4) is 0 Å². The number of rotatable bonds is 4. The highest BCUT2D eigenvalue weighted by Crippen LogP contribution is 2.13. The van der Waals surface area contributed by atoms with Crippen LogP contribution in [0.2, 0.25) is 0 Å². The Morgan fingerprint density at radius 3 is 3.12 bits per heavy atom. The van der Waals surface area contributed by atoms with Crippen molar-refractivity contribution < 1.29 is 9.53 Å². The van der Waals surface area contributed by atoms with E-state index < -0.39 is 5.97 Å². The Morgan fingerprint density at radius 2 is 2.35 bits per heavy atom. The molecule has 2 aromatic heterocycles. The van der Waals surface area contributed by atoms with Gasteiger partial charge in [-0.1, -0.05) is 13.3 Å². The van der Waals surface area contributed by atoms with Crippen molar-refractivity contribution in [3.63, 3.8) is 0 Å². The maximum absolute atomic E-state index is 11.8. The lowest BCUT2D eigenvalue weighted by Crippen LogP contribution is -2.11. The van der Waals surface area contributed by atoms with Gasteiger partial charge >= 0.3 is 5.97 Å². The minimum absolute atomic E-state index is 0.340. The van der Waals surface area contributed by atoms with Crippen LogP contribution < -0.4 is 5.73 Å². The summed E-state index contributed by atoms with van der Waals surface area (Å²) in [4.78, 5) is 15.6. The Balaban J connectivity index is 2.24. The Bertz CT molecular complexity index is 535. The second-order valence-corrected chi connectivity index (χ2v) is 3.65. The smallest absolute Gasteiger partial charge is 0.357 e. The van der Waals surface area contributed by atoms with Crippen LogP contribution in [0.4, 0.5) is 5.82 Å². The number of anilines is 1. The zero-order valence-electron chi connectivity index (χ0n) is 9.59. The van der Waals surface area contributed by atoms with Crippen LogP contribution in [0.5, 0.6) is 0 Å². The van der Waals surface area contributed by atoms with E-state index >= 15 is 0 Å². The highest BCUT2D eigenvalue weighted by Gasteiger charge is 2.14. The number of aromatic nitrogens is 3. The van der Waals surface area contributed by atoms with E-state index in [9.17, 15) is 4.79 Å². The van der Waals surface area contributed by atoms with Crippen LogP contribution in [0.25, 0.3) is 5.52 Å². The van der Waals surface area contributed by atoms with Crippen molar-refractivity contribution in [1.29, 1.82) is 0 Å². The van der Waals surface area contributed by atoms with Gasteiger partial charge in [0.1, 0.15) is 11.8 Å². The van der Waals surface area contributed by atoms with E-state index in [0.717, 1.165) is 12.8 Å². The average molecular weight is 234 g/mol. The van der Waals surface area contributed by atoms with Crippen LogP contribution in [-0.4, -0.2) is 27.2 Å². The molecule has 17 heavy (non-hydrogen) atoms. The molecule has 0 amide bonds. The summed E-state index contributed by atoms with van der Waals surface area (Å²) in [5.41, 5.74) is 6.64. The van der Waals surface area contributed by atoms with E-state index in [0.29, 0.717) is 23.6 Å². The molecule has 0 unspecified atom stereocenters. The third-order valence-electron chi connectivity index (χ3n) is 2.42. The summed E-state index contributed by atoms with van der Waals surface area (Å²) in [5, 5.41) is 3.98. The molecule has 0 aliphatic heterocycles. The number of carbonyl (C=O) groups excluding carboxylic acids is 1. The predicted octanol–water partition coefficient (Wildman–Crippen LogP) is 1.27. The maximum atomic E-state index is 11.8. The minimum Gasteiger partial charge on any atom is -0.461 e. The van der Waals surface area contributed by atoms with Gasteiger partial charge in [0.2, 0.25) is 0 Å². The highest BCUT2D eigenvalue weighted by molar-refractivity contribution is 5.90. The Labute approximate surface area is 98.4 Å². The molecule has 0 radical (unpaired) electrons. The minimum atomic E-state index is -0.392. The molecule has 2 aromatic rings. The van der Waals surface area contributed by atoms with E-state index in [-0.39, 0.29) is 0 Å². The fraction of sp³-hybridized carbons (Fsp3) is 0.364. The third-order valence-corrected chi connectivity index (χ3v) is 2.42. The third kappa shape index (κ3) is 2.20. The normalized spacial score (nSPS) is 10.6. The number of nitrogen functional groups attached to an aromatic ring is 1. The molecule has 0 spiro atoms. The molecule has 0 bridgehead atoms. The first-order valence-corrected chi connectivity index (χ1v) is 5.49. The summed E-state index contributed by atoms with van der Waals surface area (Å²) in [6.07, 6.45) is 3.15. The number of fused-ring (bicyclic) bond motifs is 1. The number of nitrogens with zero attached hydrogens (tertiary/aromatic N) is 3. The van der Waals surface area contributed by atoms with E-state index in [4.69, 9.17) is 10.5 Å². The Morgan fingerprint density at radius 1 is 1.53 bits per heavy atom. The molecular formula is C11H14N4O2. The predicted molar refractivity (Wildman–Crippen MR) is 62.6 cm³/mol. The second-order valence-electron chi connectivity index (χ2n) is 3.65. The van der Waals surface area contributed by atoms with E-state index in [1.807, 2.05) is 6.92 Å². The maximum Gasteiger partial charge on any atom is 0.357 e. The summed E-state index contributed by atoms with van der Waals surface area (Å²) in [5.74, 6) is -0.0517. The molecule has 2 rings (SSSR count). The molecule has 0 aliphatic carbocycles. The average Bonchev–Trinajstić information content (AvgIpc) is 2.74. The fourth-order valence-electron chi connectivity index (χ4n) is 1.49. The van der Waals surface area contributed by atoms with Crippen LogP contribution >= 0.6 is 0 Å². The number of nitrogens with two attached hydrogens (primary N) is 1. The van der Waals surface area contributed by atoms with Crippen molar-refractivity contribution in [2.24, 2.45) is 0 Å². The van der Waals surface area contributed by atoms with Gasteiger partial charge in [-0.2, -0.15) is 5.10 Å². The molecule has 0 aromatic carbocycles. The highest BCUT2D eigenvalue weighted by atomic mass is 16.5. The van der Waals surface area contributed by atoms with Crippen LogP contribution in [-0.2, 0) is 4.74 Å². The van der Waals surface area contributed by atoms with Crippen molar-refractivity contribution >= 4 is 17.3 Å². The van der Waals surface area contributed by atoms with E-state index in [2.05, 4.69) is 10.1 Å². The van der Waals surface area contributed by atoms with Gasteiger partial charge in [-0.15, -0.1) is 0 Å². The number of esters is 1. The number of hydrogen-bond donors (Lipinski definition) is 1. The molecule has 0 fully saturated rings. The van der Waals surface area contributed by atoms with Crippen molar-refractivity contribution in [1.82, 2.24) is 14.6 Å². The van der Waals surface area contributed by atoms with Gasteiger partial charge in [-0.05, 0) is 18.6 Å². The topological polar surface area (TPSA) is 82.5 Å². The van der Waals surface area contributed by atoms with Gasteiger partial charge in [-0.3, -0.25) is 0 Å². The lowest BCUT2D eigenvalue weighted by atomic mass is 10.3. The molecule has 90 valence electrons. The van der Waals surface area contributed by atoms with Gasteiger partial charge in [0, 0.05) is 0 Å². The van der Waals surface area contributed by atoms with Gasteiger partial charge < -0.3 is 10.5 Å². The lowest BCUT2D eigenvalue weighted by Gasteiger charge is -2.03. The molecule has 0 atom stereocenters. The van der Waals surface area contributed by atoms with Crippen molar-refractivity contribution in [3.05, 3.63) is 24.2 Å². The van der Waals surface area contributed by atoms with Crippen LogP contribution in [0, 0.1) is 0 Å². The molecule has 2 heterocycles. The first-order chi connectivity index (χ1) is 8.24. The Hall–Kier alpha value is -2.11. The lowest BCUT2D eigenvalue weighted by molar-refractivity contribution is 0.0490. The van der Waals surface area contributed by atoms with Crippen molar-refractivity contribution in [2.75, 3.05) is 12.3 Å². The van der Waals surface area contributed by atoms with Crippen molar-refractivity contribution in [3.8, 4) is 0 Å². The molecule has 6 nitrogen and oxygen atoms in total. The standard InChI is InChI=1S/C11H14N4O2/c1-2-3-6-17-11(16)9-5-4-8-10(12)13-7-14-15(8)9/h4-5,7H,2-3,6H2,1H3,(H2,12,13,14). The van der Waals surface area contributed by atoms with E-state index in [1.54, 1.807) is 12.1 Å². The largest absolute Gasteiger partial charge is 0.461 e. The number of hydrogen-bond acceptors (Lipinski definition) is 5. The van der Waals surface area contributed by atoms with Gasteiger partial charge in [0.25, 0.3) is 0 Å². The summed E-state index contributed by atoms with van der Waals surface area (Å²) >= 11 is 0.